The predicted molar refractivity (Wildman–Crippen MR) is 120 cm³/mol. The summed E-state index contributed by atoms with van der Waals surface area (Å²) in [5, 5.41) is 14.2. The summed E-state index contributed by atoms with van der Waals surface area (Å²) in [5.74, 6) is 0.211. The summed E-state index contributed by atoms with van der Waals surface area (Å²) in [6.45, 7) is 0. The van der Waals surface area contributed by atoms with Gasteiger partial charge in [0, 0.05) is 0 Å². The highest BCUT2D eigenvalue weighted by Crippen LogP contribution is 2.28. The smallest absolute Gasteiger partial charge is 0.286 e. The fourth-order valence-electron chi connectivity index (χ4n) is 2.50. The number of thioether (sulfide) groups is 1. The number of aromatic nitrogens is 3. The number of fused-ring (bicyclic) bond motifs is 1. The number of hydrogen-bond acceptors (Lipinski definition) is 9. The van der Waals surface area contributed by atoms with Crippen LogP contribution in [0.1, 0.15) is 9.80 Å². The van der Waals surface area contributed by atoms with Crippen molar-refractivity contribution in [2.45, 2.75) is 4.34 Å². The van der Waals surface area contributed by atoms with Gasteiger partial charge in [-0.1, -0.05) is 47.4 Å². The molecule has 11 heteroatoms. The summed E-state index contributed by atoms with van der Waals surface area (Å²) in [7, 11) is 1.55. The van der Waals surface area contributed by atoms with E-state index in [0.29, 0.717) is 25.9 Å². The van der Waals surface area contributed by atoms with Gasteiger partial charge in [-0.3, -0.25) is 14.9 Å². The molecule has 0 aliphatic heterocycles. The number of benzene rings is 2. The molecule has 0 saturated carbocycles. The third-order valence-electron chi connectivity index (χ3n) is 3.82. The van der Waals surface area contributed by atoms with Crippen molar-refractivity contribution in [3.8, 4) is 5.75 Å². The Hall–Kier alpha value is -3.02. The average Bonchev–Trinajstić information content (AvgIpc) is 3.39. The Morgan fingerprint density at radius 2 is 1.83 bits per heavy atom. The number of para-hydroxylation sites is 3. The summed E-state index contributed by atoms with van der Waals surface area (Å²) in [4.78, 5) is 28.9. The van der Waals surface area contributed by atoms with Gasteiger partial charge in [-0.05, 0) is 24.3 Å². The SMILES string of the molecule is COc1ccccc1NC(=O)CSc1nnc(NC(=O)c2nc3ccccc3s2)s1. The van der Waals surface area contributed by atoms with Crippen molar-refractivity contribution in [3.05, 3.63) is 53.5 Å². The number of hydrogen-bond donors (Lipinski definition) is 2. The van der Waals surface area contributed by atoms with E-state index in [0.717, 1.165) is 10.2 Å². The zero-order valence-corrected chi connectivity index (χ0v) is 18.1. The molecule has 2 aromatic heterocycles. The number of anilines is 2. The van der Waals surface area contributed by atoms with Gasteiger partial charge in [0.2, 0.25) is 11.0 Å². The molecule has 2 amide bonds. The first-order chi connectivity index (χ1) is 14.6. The first-order valence-corrected chi connectivity index (χ1v) is 11.3. The second-order valence-corrected chi connectivity index (χ2v) is 9.08. The largest absolute Gasteiger partial charge is 0.495 e. The van der Waals surface area contributed by atoms with Crippen LogP contribution in [-0.2, 0) is 4.79 Å². The van der Waals surface area contributed by atoms with Crippen molar-refractivity contribution in [2.24, 2.45) is 0 Å². The van der Waals surface area contributed by atoms with E-state index in [1.807, 2.05) is 36.4 Å². The van der Waals surface area contributed by atoms with Gasteiger partial charge >= 0.3 is 0 Å². The third kappa shape index (κ3) is 4.75. The molecule has 4 aromatic rings. The lowest BCUT2D eigenvalue weighted by Gasteiger charge is -2.08. The summed E-state index contributed by atoms with van der Waals surface area (Å²) in [6.07, 6.45) is 0. The van der Waals surface area contributed by atoms with Crippen LogP contribution in [0.25, 0.3) is 10.2 Å². The Balaban J connectivity index is 1.32. The zero-order chi connectivity index (χ0) is 20.9. The van der Waals surface area contributed by atoms with Crippen LogP contribution >= 0.6 is 34.4 Å². The number of ether oxygens (including phenoxy) is 1. The molecule has 0 saturated heterocycles. The average molecular weight is 458 g/mol. The van der Waals surface area contributed by atoms with Gasteiger partial charge in [0.1, 0.15) is 5.75 Å². The highest BCUT2D eigenvalue weighted by atomic mass is 32.2. The van der Waals surface area contributed by atoms with E-state index in [2.05, 4.69) is 25.8 Å². The van der Waals surface area contributed by atoms with Crippen LogP contribution in [0.15, 0.2) is 52.9 Å². The minimum absolute atomic E-state index is 0.151. The van der Waals surface area contributed by atoms with E-state index in [-0.39, 0.29) is 17.6 Å². The highest BCUT2D eigenvalue weighted by molar-refractivity contribution is 8.01. The number of methoxy groups -OCH3 is 1. The summed E-state index contributed by atoms with van der Waals surface area (Å²) >= 11 is 3.75. The van der Waals surface area contributed by atoms with Crippen LogP contribution < -0.4 is 15.4 Å². The van der Waals surface area contributed by atoms with Crippen molar-refractivity contribution < 1.29 is 14.3 Å². The minimum atomic E-state index is -0.335. The number of rotatable bonds is 7. The maximum atomic E-state index is 12.4. The first-order valence-electron chi connectivity index (χ1n) is 8.68. The van der Waals surface area contributed by atoms with Crippen molar-refractivity contribution in [2.75, 3.05) is 23.5 Å². The second kappa shape index (κ2) is 9.20. The second-order valence-electron chi connectivity index (χ2n) is 5.85. The molecule has 0 atom stereocenters. The van der Waals surface area contributed by atoms with Gasteiger partial charge in [0.05, 0.1) is 28.8 Å². The lowest BCUT2D eigenvalue weighted by atomic mass is 10.3. The van der Waals surface area contributed by atoms with Gasteiger partial charge in [-0.15, -0.1) is 21.5 Å². The molecule has 0 radical (unpaired) electrons. The fraction of sp³-hybridized carbons (Fsp3) is 0.105. The zero-order valence-electron chi connectivity index (χ0n) is 15.6. The predicted octanol–water partition coefficient (Wildman–Crippen LogP) is 4.14. The van der Waals surface area contributed by atoms with Crippen LogP contribution in [0, 0.1) is 0 Å². The molecule has 152 valence electrons. The van der Waals surface area contributed by atoms with E-state index in [1.54, 1.807) is 19.2 Å². The minimum Gasteiger partial charge on any atom is -0.495 e. The molecule has 2 aromatic carbocycles. The molecule has 8 nitrogen and oxygen atoms in total. The molecule has 0 unspecified atom stereocenters. The molecule has 2 heterocycles. The monoisotopic (exact) mass is 457 g/mol. The standard InChI is InChI=1S/C19H15N5O3S3/c1-27-13-8-4-2-6-11(13)20-15(25)10-28-19-24-23-18(30-19)22-16(26)17-21-12-7-3-5-9-14(12)29-17/h2-9H,10H2,1H3,(H,20,25)(H,22,23,26). The van der Waals surface area contributed by atoms with E-state index in [1.165, 1.54) is 34.4 Å². The van der Waals surface area contributed by atoms with Gasteiger partial charge < -0.3 is 10.1 Å². The number of thiazole rings is 1. The first kappa shape index (κ1) is 20.3. The Morgan fingerprint density at radius 1 is 1.03 bits per heavy atom. The fourth-order valence-corrected chi connectivity index (χ4v) is 4.91. The van der Waals surface area contributed by atoms with Crippen molar-refractivity contribution in [3.63, 3.8) is 0 Å². The molecular weight excluding hydrogens is 442 g/mol. The molecule has 0 aliphatic carbocycles. The topological polar surface area (TPSA) is 106 Å². The lowest BCUT2D eigenvalue weighted by molar-refractivity contribution is -0.113. The van der Waals surface area contributed by atoms with Crippen molar-refractivity contribution in [1.82, 2.24) is 15.2 Å². The summed E-state index contributed by atoms with van der Waals surface area (Å²) in [6, 6.07) is 14.7. The van der Waals surface area contributed by atoms with Crippen LogP contribution in [0.2, 0.25) is 0 Å². The number of carbonyl (C=O) groups is 2. The van der Waals surface area contributed by atoms with Crippen LogP contribution in [0.4, 0.5) is 10.8 Å². The van der Waals surface area contributed by atoms with Gasteiger partial charge in [0.25, 0.3) is 5.91 Å². The van der Waals surface area contributed by atoms with E-state index in [4.69, 9.17) is 4.74 Å². The summed E-state index contributed by atoms with van der Waals surface area (Å²) in [5.41, 5.74) is 1.38. The maximum Gasteiger partial charge on any atom is 0.286 e. The van der Waals surface area contributed by atoms with Gasteiger partial charge in [-0.25, -0.2) is 4.98 Å². The number of amides is 2. The molecule has 0 bridgehead atoms. The maximum absolute atomic E-state index is 12.4. The Kier molecular flexibility index (Phi) is 6.21. The van der Waals surface area contributed by atoms with E-state index in [9.17, 15) is 9.59 Å². The quantitative estimate of drug-likeness (QED) is 0.317. The molecule has 30 heavy (non-hydrogen) atoms. The highest BCUT2D eigenvalue weighted by Gasteiger charge is 2.15. The number of carbonyl (C=O) groups excluding carboxylic acids is 2. The molecule has 4 rings (SSSR count). The van der Waals surface area contributed by atoms with Gasteiger partial charge in [-0.2, -0.15) is 0 Å². The summed E-state index contributed by atoms with van der Waals surface area (Å²) < 4.78 is 6.73. The Labute approximate surface area is 183 Å². The van der Waals surface area contributed by atoms with Crippen molar-refractivity contribution >= 4 is 67.3 Å². The van der Waals surface area contributed by atoms with Crippen LogP contribution in [-0.4, -0.2) is 39.9 Å². The Morgan fingerprint density at radius 3 is 2.67 bits per heavy atom. The number of nitrogens with one attached hydrogen (secondary N) is 2. The van der Waals surface area contributed by atoms with Crippen LogP contribution in [0.3, 0.4) is 0 Å². The van der Waals surface area contributed by atoms with Crippen molar-refractivity contribution in [1.29, 1.82) is 0 Å². The normalized spacial score (nSPS) is 10.7. The number of nitrogens with zero attached hydrogens (tertiary/aromatic N) is 3. The molecule has 0 fully saturated rings. The molecular formula is C19H15N5O3S3. The lowest BCUT2D eigenvalue weighted by Crippen LogP contribution is -2.14. The molecule has 0 aliphatic rings. The molecule has 0 spiro atoms. The van der Waals surface area contributed by atoms with E-state index < -0.39 is 0 Å². The Bertz CT molecular complexity index is 1170. The third-order valence-corrected chi connectivity index (χ3v) is 6.83. The van der Waals surface area contributed by atoms with Gasteiger partial charge in [0.15, 0.2) is 9.35 Å². The molecule has 2 N–H and O–H groups in total. The van der Waals surface area contributed by atoms with E-state index >= 15 is 0 Å². The van der Waals surface area contributed by atoms with Crippen LogP contribution in [0.5, 0.6) is 5.75 Å².